The van der Waals surface area contributed by atoms with E-state index in [4.69, 9.17) is 0 Å². The van der Waals surface area contributed by atoms with Crippen molar-refractivity contribution < 1.29 is 0 Å². The molecular weight excluding hydrogens is 214 g/mol. The fourth-order valence-electron chi connectivity index (χ4n) is 1.73. The first-order chi connectivity index (χ1) is 8.31. The van der Waals surface area contributed by atoms with Gasteiger partial charge in [0.05, 0.1) is 5.69 Å². The van der Waals surface area contributed by atoms with Crippen LogP contribution in [0.15, 0.2) is 24.5 Å². The van der Waals surface area contributed by atoms with Crippen molar-refractivity contribution in [2.24, 2.45) is 0 Å². The predicted molar refractivity (Wildman–Crippen MR) is 63.8 cm³/mol. The van der Waals surface area contributed by atoms with Crippen LogP contribution in [0, 0.1) is 6.92 Å². The second-order valence-electron chi connectivity index (χ2n) is 4.41. The Morgan fingerprint density at radius 1 is 1.41 bits per heavy atom. The Morgan fingerprint density at radius 3 is 3.00 bits per heavy atom. The Balaban J connectivity index is 1.83. The maximum atomic E-state index is 4.50. The minimum atomic E-state index is 0.641. The normalized spacial score (nSPS) is 15.1. The summed E-state index contributed by atoms with van der Waals surface area (Å²) in [4.78, 5) is 8.88. The fraction of sp³-hybridized carbons (Fsp3) is 0.417. The van der Waals surface area contributed by atoms with Gasteiger partial charge in [-0.3, -0.25) is 0 Å². The van der Waals surface area contributed by atoms with Crippen LogP contribution in [0.25, 0.3) is 5.95 Å². The fourth-order valence-corrected chi connectivity index (χ4v) is 1.73. The van der Waals surface area contributed by atoms with Crippen LogP contribution in [-0.2, 0) is 6.54 Å². The Kier molecular flexibility index (Phi) is 2.60. The van der Waals surface area contributed by atoms with Gasteiger partial charge in [0.15, 0.2) is 0 Å². The zero-order valence-corrected chi connectivity index (χ0v) is 9.80. The molecule has 0 aliphatic heterocycles. The summed E-state index contributed by atoms with van der Waals surface area (Å²) in [5, 5.41) is 7.60. The molecule has 1 fully saturated rings. The number of hydrogen-bond acceptors (Lipinski definition) is 4. The predicted octanol–water partition coefficient (Wildman–Crippen LogP) is 1.22. The van der Waals surface area contributed by atoms with Crippen molar-refractivity contribution in [2.45, 2.75) is 32.4 Å². The van der Waals surface area contributed by atoms with Crippen molar-refractivity contribution in [3.63, 3.8) is 0 Å². The molecule has 1 N–H and O–H groups in total. The molecule has 2 aromatic heterocycles. The first kappa shape index (κ1) is 10.4. The third kappa shape index (κ3) is 2.50. The van der Waals surface area contributed by atoms with E-state index >= 15 is 0 Å². The van der Waals surface area contributed by atoms with Gasteiger partial charge in [0.25, 0.3) is 5.95 Å². The van der Waals surface area contributed by atoms with Gasteiger partial charge in [-0.25, -0.2) is 14.6 Å². The number of hydrogen-bond donors (Lipinski definition) is 1. The third-order valence-electron chi connectivity index (χ3n) is 2.75. The van der Waals surface area contributed by atoms with Crippen LogP contribution in [0.1, 0.15) is 24.2 Å². The lowest BCUT2D eigenvalue weighted by Gasteiger charge is -2.06. The van der Waals surface area contributed by atoms with E-state index in [2.05, 4.69) is 20.4 Å². The molecule has 1 saturated carbocycles. The molecule has 0 aromatic carbocycles. The maximum Gasteiger partial charge on any atom is 0.250 e. The van der Waals surface area contributed by atoms with E-state index < -0.39 is 0 Å². The van der Waals surface area contributed by atoms with Crippen LogP contribution in [0.3, 0.4) is 0 Å². The minimum Gasteiger partial charge on any atom is -0.308 e. The van der Waals surface area contributed by atoms with Crippen molar-refractivity contribution in [1.29, 1.82) is 0 Å². The molecule has 88 valence electrons. The van der Waals surface area contributed by atoms with Crippen LogP contribution in [0.5, 0.6) is 0 Å². The topological polar surface area (TPSA) is 55.6 Å². The average molecular weight is 229 g/mol. The SMILES string of the molecule is Cc1cc(CNC2CC2)nc(-n2cccn2)n1. The molecule has 5 nitrogen and oxygen atoms in total. The molecule has 0 atom stereocenters. The molecule has 17 heavy (non-hydrogen) atoms. The summed E-state index contributed by atoms with van der Waals surface area (Å²) < 4.78 is 1.69. The van der Waals surface area contributed by atoms with Gasteiger partial charge in [-0.15, -0.1) is 0 Å². The average Bonchev–Trinajstić information content (AvgIpc) is 2.98. The van der Waals surface area contributed by atoms with E-state index in [0.29, 0.717) is 12.0 Å². The monoisotopic (exact) mass is 229 g/mol. The van der Waals surface area contributed by atoms with E-state index in [-0.39, 0.29) is 0 Å². The molecule has 3 rings (SSSR count). The number of nitrogens with one attached hydrogen (secondary N) is 1. The van der Waals surface area contributed by atoms with Gasteiger partial charge in [-0.05, 0) is 31.9 Å². The lowest BCUT2D eigenvalue weighted by atomic mass is 10.3. The van der Waals surface area contributed by atoms with Gasteiger partial charge in [-0.2, -0.15) is 5.10 Å². The van der Waals surface area contributed by atoms with Crippen molar-refractivity contribution >= 4 is 0 Å². The van der Waals surface area contributed by atoms with E-state index in [1.54, 1.807) is 10.9 Å². The molecule has 0 bridgehead atoms. The summed E-state index contributed by atoms with van der Waals surface area (Å²) in [6.07, 6.45) is 6.16. The first-order valence-electron chi connectivity index (χ1n) is 5.89. The van der Waals surface area contributed by atoms with Crippen molar-refractivity contribution in [3.05, 3.63) is 35.9 Å². The molecule has 1 aliphatic carbocycles. The zero-order chi connectivity index (χ0) is 11.7. The van der Waals surface area contributed by atoms with Gasteiger partial charge in [0.2, 0.25) is 0 Å². The van der Waals surface area contributed by atoms with Crippen LogP contribution >= 0.6 is 0 Å². The minimum absolute atomic E-state index is 0.641. The second kappa shape index (κ2) is 4.25. The van der Waals surface area contributed by atoms with E-state index in [1.807, 2.05) is 25.3 Å². The molecule has 0 saturated heterocycles. The Morgan fingerprint density at radius 2 is 2.29 bits per heavy atom. The molecule has 0 amide bonds. The van der Waals surface area contributed by atoms with Crippen LogP contribution in [0.2, 0.25) is 0 Å². The van der Waals surface area contributed by atoms with Crippen molar-refractivity contribution in [3.8, 4) is 5.95 Å². The summed E-state index contributed by atoms with van der Waals surface area (Å²) in [5.41, 5.74) is 1.99. The molecule has 2 aromatic rings. The first-order valence-corrected chi connectivity index (χ1v) is 5.89. The highest BCUT2D eigenvalue weighted by molar-refractivity contribution is 5.18. The summed E-state index contributed by atoms with van der Waals surface area (Å²) in [7, 11) is 0. The van der Waals surface area contributed by atoms with Gasteiger partial charge in [0, 0.05) is 30.7 Å². The lowest BCUT2D eigenvalue weighted by molar-refractivity contribution is 0.664. The van der Waals surface area contributed by atoms with Crippen LogP contribution < -0.4 is 5.32 Å². The van der Waals surface area contributed by atoms with Crippen LogP contribution in [-0.4, -0.2) is 25.8 Å². The summed E-state index contributed by atoms with van der Waals surface area (Å²) >= 11 is 0. The molecule has 5 heteroatoms. The Bertz CT molecular complexity index is 502. The standard InChI is InChI=1S/C12H15N5/c1-9-7-11(8-13-10-3-4-10)16-12(15-9)17-6-2-5-14-17/h2,5-7,10,13H,3-4,8H2,1H3. The Hall–Kier alpha value is -1.75. The van der Waals surface area contributed by atoms with Crippen molar-refractivity contribution in [2.75, 3.05) is 0 Å². The number of rotatable bonds is 4. The molecule has 0 spiro atoms. The molecule has 0 radical (unpaired) electrons. The highest BCUT2D eigenvalue weighted by Gasteiger charge is 2.20. The summed E-state index contributed by atoms with van der Waals surface area (Å²) in [6.45, 7) is 2.79. The number of aromatic nitrogens is 4. The Labute approximate surface area is 99.9 Å². The maximum absolute atomic E-state index is 4.50. The molecule has 0 unspecified atom stereocenters. The second-order valence-corrected chi connectivity index (χ2v) is 4.41. The van der Waals surface area contributed by atoms with Gasteiger partial charge in [-0.1, -0.05) is 0 Å². The third-order valence-corrected chi connectivity index (χ3v) is 2.75. The van der Waals surface area contributed by atoms with Gasteiger partial charge in [0.1, 0.15) is 0 Å². The molecule has 1 aliphatic rings. The molecule has 2 heterocycles. The van der Waals surface area contributed by atoms with Gasteiger partial charge < -0.3 is 5.32 Å². The number of nitrogens with zero attached hydrogens (tertiary/aromatic N) is 4. The van der Waals surface area contributed by atoms with E-state index in [0.717, 1.165) is 17.9 Å². The summed E-state index contributed by atoms with van der Waals surface area (Å²) in [6, 6.07) is 4.58. The van der Waals surface area contributed by atoms with Gasteiger partial charge >= 0.3 is 0 Å². The highest BCUT2D eigenvalue weighted by Crippen LogP contribution is 2.19. The van der Waals surface area contributed by atoms with Crippen LogP contribution in [0.4, 0.5) is 0 Å². The van der Waals surface area contributed by atoms with Crippen molar-refractivity contribution in [1.82, 2.24) is 25.1 Å². The zero-order valence-electron chi connectivity index (χ0n) is 9.80. The molecular formula is C12H15N5. The smallest absolute Gasteiger partial charge is 0.250 e. The highest BCUT2D eigenvalue weighted by atomic mass is 15.3. The largest absolute Gasteiger partial charge is 0.308 e. The van der Waals surface area contributed by atoms with E-state index in [9.17, 15) is 0 Å². The lowest BCUT2D eigenvalue weighted by Crippen LogP contribution is -2.17. The number of aryl methyl sites for hydroxylation is 1. The summed E-state index contributed by atoms with van der Waals surface area (Å²) in [5.74, 6) is 0.641. The quantitative estimate of drug-likeness (QED) is 0.856. The van der Waals surface area contributed by atoms with E-state index in [1.165, 1.54) is 12.8 Å².